The third-order valence-corrected chi connectivity index (χ3v) is 9.89. The number of rotatable bonds is 11. The number of hydrogen-bond acceptors (Lipinski definition) is 5. The van der Waals surface area contributed by atoms with Crippen LogP contribution in [0.5, 0.6) is 0 Å². The second-order valence-electron chi connectivity index (χ2n) is 14.0. The summed E-state index contributed by atoms with van der Waals surface area (Å²) in [6.45, 7) is 10.5. The summed E-state index contributed by atoms with van der Waals surface area (Å²) in [5.41, 5.74) is 7.50. The first-order valence-electron chi connectivity index (χ1n) is 18.1. The van der Waals surface area contributed by atoms with Crippen LogP contribution < -0.4 is 4.90 Å². The third kappa shape index (κ3) is 8.23. The first-order valence-corrected chi connectivity index (χ1v) is 18.1. The maximum Gasteiger partial charge on any atom is 0.338 e. The average Bonchev–Trinajstić information content (AvgIpc) is 3.46. The molecule has 6 heteroatoms. The Balaban J connectivity index is 1.18. The fourth-order valence-electron chi connectivity index (χ4n) is 7.15. The molecule has 2 aliphatic carbocycles. The third-order valence-electron chi connectivity index (χ3n) is 9.89. The minimum atomic E-state index is -0.343. The number of benzene rings is 2. The maximum atomic E-state index is 12.9. The molecule has 2 heterocycles. The summed E-state index contributed by atoms with van der Waals surface area (Å²) in [7, 11) is 0. The molecule has 0 aromatic heterocycles. The zero-order valence-corrected chi connectivity index (χ0v) is 30.9. The van der Waals surface area contributed by atoms with Gasteiger partial charge in [-0.25, -0.2) is 9.59 Å². The van der Waals surface area contributed by atoms with E-state index >= 15 is 0 Å². The molecule has 6 nitrogen and oxygen atoms in total. The molecule has 268 valence electrons. The molecule has 0 spiro atoms. The monoisotopic (exact) mass is 703 g/mol. The lowest BCUT2D eigenvalue weighted by Gasteiger charge is -2.26. The van der Waals surface area contributed by atoms with Crippen LogP contribution in [-0.4, -0.2) is 48.5 Å². The summed E-state index contributed by atoms with van der Waals surface area (Å²) in [6.07, 6.45) is 36.3. The van der Waals surface area contributed by atoms with Crippen molar-refractivity contribution in [2.24, 2.45) is 0 Å². The molecule has 0 unspecified atom stereocenters. The van der Waals surface area contributed by atoms with E-state index in [0.717, 1.165) is 22.8 Å². The van der Waals surface area contributed by atoms with Crippen LogP contribution in [0.1, 0.15) is 38.8 Å². The van der Waals surface area contributed by atoms with Crippen molar-refractivity contribution in [3.63, 3.8) is 0 Å². The Labute approximate surface area is 313 Å². The van der Waals surface area contributed by atoms with Crippen LogP contribution in [-0.2, 0) is 29.9 Å². The van der Waals surface area contributed by atoms with Gasteiger partial charge in [0.25, 0.3) is 0 Å². The number of anilines is 1. The predicted molar refractivity (Wildman–Crippen MR) is 215 cm³/mol. The summed E-state index contributed by atoms with van der Waals surface area (Å²) in [4.78, 5) is 28.0. The molecular weight excluding hydrogens is 657 g/mol. The van der Waals surface area contributed by atoms with Crippen LogP contribution in [0, 0.1) is 0 Å². The van der Waals surface area contributed by atoms with Crippen molar-refractivity contribution in [3.8, 4) is 0 Å². The highest BCUT2D eigenvalue weighted by Gasteiger charge is 2.44. The molecule has 0 amide bonds. The number of esters is 2. The Morgan fingerprint density at radius 2 is 1.25 bits per heavy atom. The van der Waals surface area contributed by atoms with Crippen LogP contribution >= 0.6 is 0 Å². The standard InChI is InChI=1S/C47H47N2O4/c1-46(2)38-26-18-20-28-40(38)48(32-34-52-44(50)36-22-12-7-5-8-13-23-36)42(46)30-16-11-17-31-43-47(3,4)39-27-19-21-29-41(39)49(43)33-35-53-45(51)37-24-14-9-6-10-15-25-37/h5-31H,32-35H2,1-4H3/q+1/b7-5-,8-5?,9-6-,10-6?,12-7?,13-8-,14-9?,15-10-,22-12-,23-13?,24-14-,25-15?,36-22?,36-23+,37-24?,37-25+. The normalized spacial score (nSPS) is 24.5. The van der Waals surface area contributed by atoms with E-state index in [1.807, 2.05) is 72.9 Å². The van der Waals surface area contributed by atoms with E-state index in [1.54, 1.807) is 24.3 Å². The molecule has 0 radical (unpaired) electrons. The highest BCUT2D eigenvalue weighted by atomic mass is 16.5. The van der Waals surface area contributed by atoms with E-state index < -0.39 is 0 Å². The molecule has 2 aromatic rings. The zero-order chi connectivity index (χ0) is 37.3. The summed E-state index contributed by atoms with van der Waals surface area (Å²) < 4.78 is 13.8. The zero-order valence-electron chi connectivity index (χ0n) is 30.9. The van der Waals surface area contributed by atoms with Gasteiger partial charge in [0.05, 0.1) is 23.1 Å². The number of hydrogen-bond donors (Lipinski definition) is 0. The van der Waals surface area contributed by atoms with Gasteiger partial charge in [0.2, 0.25) is 5.69 Å². The Kier molecular flexibility index (Phi) is 11.5. The number of carbonyl (C=O) groups excluding carboxylic acids is 2. The van der Waals surface area contributed by atoms with Gasteiger partial charge in [-0.2, -0.15) is 4.58 Å². The SMILES string of the molecule is CC1(C)C(/C=C/C=C/C=C2/N(CCOC(=O)C3=C/C=C\C=C/C=C\3)c3ccccc3C2(C)C)=[N+](CCOC(=O)C2=C/C=C\C=C/C=C\2)c2ccccc21. The Morgan fingerprint density at radius 3 is 1.94 bits per heavy atom. The summed E-state index contributed by atoms with van der Waals surface area (Å²) in [5, 5.41) is 0. The molecule has 0 N–H and O–H groups in total. The van der Waals surface area contributed by atoms with Crippen molar-refractivity contribution in [2.75, 3.05) is 31.2 Å². The van der Waals surface area contributed by atoms with Crippen LogP contribution in [0.25, 0.3) is 0 Å². The number of allylic oxidation sites excluding steroid dienone is 18. The van der Waals surface area contributed by atoms with Crippen molar-refractivity contribution in [3.05, 3.63) is 192 Å². The fraction of sp³-hybridized carbons (Fsp3) is 0.213. The largest absolute Gasteiger partial charge is 0.460 e. The first-order chi connectivity index (χ1) is 25.7. The van der Waals surface area contributed by atoms with Gasteiger partial charge in [0, 0.05) is 34.5 Å². The van der Waals surface area contributed by atoms with E-state index in [-0.39, 0.29) is 36.0 Å². The molecule has 0 atom stereocenters. The van der Waals surface area contributed by atoms with Gasteiger partial charge in [-0.3, -0.25) is 0 Å². The molecule has 0 saturated heterocycles. The smallest absolute Gasteiger partial charge is 0.338 e. The Bertz CT molecular complexity index is 2120. The topological polar surface area (TPSA) is 58.9 Å². The molecule has 0 saturated carbocycles. The molecule has 0 fully saturated rings. The van der Waals surface area contributed by atoms with Crippen LogP contribution in [0.3, 0.4) is 0 Å². The molecule has 4 aliphatic rings. The highest BCUT2D eigenvalue weighted by Crippen LogP contribution is 2.47. The van der Waals surface area contributed by atoms with Gasteiger partial charge in [-0.15, -0.1) is 0 Å². The van der Waals surface area contributed by atoms with Crippen molar-refractivity contribution >= 4 is 29.0 Å². The van der Waals surface area contributed by atoms with Crippen LogP contribution in [0.2, 0.25) is 0 Å². The van der Waals surface area contributed by atoms with E-state index in [9.17, 15) is 9.59 Å². The lowest BCUT2D eigenvalue weighted by molar-refractivity contribution is -0.440. The maximum absolute atomic E-state index is 12.9. The molecule has 6 rings (SSSR count). The molecule has 2 aliphatic heterocycles. The van der Waals surface area contributed by atoms with Gasteiger partial charge in [0.1, 0.15) is 6.61 Å². The van der Waals surface area contributed by atoms with Gasteiger partial charge in [0.15, 0.2) is 18.9 Å². The summed E-state index contributed by atoms with van der Waals surface area (Å²) in [6, 6.07) is 16.8. The molecule has 0 bridgehead atoms. The van der Waals surface area contributed by atoms with Crippen molar-refractivity contribution in [1.82, 2.24) is 0 Å². The van der Waals surface area contributed by atoms with Crippen molar-refractivity contribution in [2.45, 2.75) is 38.5 Å². The second kappa shape index (κ2) is 16.6. The van der Waals surface area contributed by atoms with Crippen molar-refractivity contribution in [1.29, 1.82) is 0 Å². The number of carbonyl (C=O) groups is 2. The van der Waals surface area contributed by atoms with Gasteiger partial charge >= 0.3 is 11.9 Å². The van der Waals surface area contributed by atoms with Gasteiger partial charge in [-0.05, 0) is 55.9 Å². The number of ether oxygens (including phenoxy) is 2. The van der Waals surface area contributed by atoms with E-state index in [2.05, 4.69) is 104 Å². The second-order valence-corrected chi connectivity index (χ2v) is 14.0. The summed E-state index contributed by atoms with van der Waals surface area (Å²) >= 11 is 0. The van der Waals surface area contributed by atoms with E-state index in [0.29, 0.717) is 24.2 Å². The highest BCUT2D eigenvalue weighted by molar-refractivity contribution is 6.03. The Hall–Kier alpha value is -6.01. The lowest BCUT2D eigenvalue weighted by Crippen LogP contribution is -2.29. The van der Waals surface area contributed by atoms with Crippen molar-refractivity contribution < 1.29 is 23.6 Å². The van der Waals surface area contributed by atoms with Crippen LogP contribution in [0.4, 0.5) is 11.4 Å². The fourth-order valence-corrected chi connectivity index (χ4v) is 7.15. The average molecular weight is 704 g/mol. The van der Waals surface area contributed by atoms with Gasteiger partial charge in [-0.1, -0.05) is 129 Å². The number of para-hydroxylation sites is 2. The van der Waals surface area contributed by atoms with E-state index in [1.165, 1.54) is 11.1 Å². The quantitative estimate of drug-likeness (QED) is 0.133. The van der Waals surface area contributed by atoms with Gasteiger partial charge < -0.3 is 14.4 Å². The molecular formula is C47H47N2O4+. The lowest BCUT2D eigenvalue weighted by atomic mass is 9.81. The molecule has 2 aromatic carbocycles. The first kappa shape index (κ1) is 36.8. The van der Waals surface area contributed by atoms with E-state index in [4.69, 9.17) is 9.47 Å². The number of fused-ring (bicyclic) bond motifs is 2. The molecule has 53 heavy (non-hydrogen) atoms. The minimum absolute atomic E-state index is 0.247. The Morgan fingerprint density at radius 1 is 0.660 bits per heavy atom. The predicted octanol–water partition coefficient (Wildman–Crippen LogP) is 9.16. The minimum Gasteiger partial charge on any atom is -0.460 e. The number of nitrogens with zero attached hydrogens (tertiary/aromatic N) is 2. The van der Waals surface area contributed by atoms with Crippen LogP contribution in [0.15, 0.2) is 181 Å². The summed E-state index contributed by atoms with van der Waals surface area (Å²) in [5.74, 6) is -0.685.